The van der Waals surface area contributed by atoms with E-state index in [9.17, 15) is 18.0 Å². The maximum absolute atomic E-state index is 13.4. The molecule has 158 valence electrons. The standard InChI is InChI=1S/C23H18F3N3OS/c1-14-9-10-15(2)20-19(14)28-22(31-20)29(13-18-8-3-4-11-27-18)21(30)16-6-5-7-17(12-16)23(24,25)26/h3-12H,13H2,1-2H3. The molecule has 4 rings (SSSR count). The number of rotatable bonds is 4. The number of carbonyl (C=O) groups is 1. The second-order valence-electron chi connectivity index (χ2n) is 7.16. The molecule has 4 nitrogen and oxygen atoms in total. The van der Waals surface area contributed by atoms with Crippen LogP contribution in [0.3, 0.4) is 0 Å². The molecule has 0 spiro atoms. The highest BCUT2D eigenvalue weighted by atomic mass is 32.1. The zero-order valence-electron chi connectivity index (χ0n) is 16.8. The summed E-state index contributed by atoms with van der Waals surface area (Å²) < 4.78 is 40.5. The van der Waals surface area contributed by atoms with E-state index in [1.165, 1.54) is 28.4 Å². The zero-order chi connectivity index (χ0) is 22.2. The summed E-state index contributed by atoms with van der Waals surface area (Å²) in [5.74, 6) is -0.564. The third-order valence-electron chi connectivity index (χ3n) is 4.89. The summed E-state index contributed by atoms with van der Waals surface area (Å²) in [6, 6.07) is 13.7. The van der Waals surface area contributed by atoms with Crippen molar-refractivity contribution in [2.24, 2.45) is 0 Å². The molecule has 0 saturated heterocycles. The number of nitrogens with zero attached hydrogens (tertiary/aromatic N) is 3. The number of thiazole rings is 1. The highest BCUT2D eigenvalue weighted by Crippen LogP contribution is 2.35. The van der Waals surface area contributed by atoms with Crippen LogP contribution in [-0.4, -0.2) is 15.9 Å². The second-order valence-corrected chi connectivity index (χ2v) is 8.14. The van der Waals surface area contributed by atoms with Crippen molar-refractivity contribution in [3.05, 3.63) is 88.7 Å². The molecule has 2 aromatic heterocycles. The minimum Gasteiger partial charge on any atom is -0.278 e. The third-order valence-corrected chi connectivity index (χ3v) is 6.10. The normalized spacial score (nSPS) is 11.6. The quantitative estimate of drug-likeness (QED) is 0.380. The number of fused-ring (bicyclic) bond motifs is 1. The number of anilines is 1. The van der Waals surface area contributed by atoms with E-state index in [0.717, 1.165) is 33.5 Å². The number of benzene rings is 2. The predicted octanol–water partition coefficient (Wildman–Crippen LogP) is 6.17. The Kier molecular flexibility index (Phi) is 5.49. The lowest BCUT2D eigenvalue weighted by Gasteiger charge is -2.20. The number of halogens is 3. The lowest BCUT2D eigenvalue weighted by molar-refractivity contribution is -0.137. The molecule has 2 aromatic carbocycles. The van der Waals surface area contributed by atoms with E-state index in [2.05, 4.69) is 9.97 Å². The summed E-state index contributed by atoms with van der Waals surface area (Å²) >= 11 is 1.34. The number of aryl methyl sites for hydroxylation is 2. The van der Waals surface area contributed by atoms with Gasteiger partial charge in [-0.1, -0.05) is 35.6 Å². The average molecular weight is 441 g/mol. The number of alkyl halides is 3. The van der Waals surface area contributed by atoms with Crippen LogP contribution in [0.25, 0.3) is 10.2 Å². The van der Waals surface area contributed by atoms with Gasteiger partial charge < -0.3 is 0 Å². The summed E-state index contributed by atoms with van der Waals surface area (Å²) in [6.07, 6.45) is -2.93. The van der Waals surface area contributed by atoms with Crippen LogP contribution in [-0.2, 0) is 12.7 Å². The fraction of sp³-hybridized carbons (Fsp3) is 0.174. The lowest BCUT2D eigenvalue weighted by Crippen LogP contribution is -2.31. The van der Waals surface area contributed by atoms with Crippen LogP contribution >= 0.6 is 11.3 Å². The molecular formula is C23H18F3N3OS. The van der Waals surface area contributed by atoms with E-state index in [-0.39, 0.29) is 12.1 Å². The fourth-order valence-corrected chi connectivity index (χ4v) is 4.34. The van der Waals surface area contributed by atoms with Crippen molar-refractivity contribution in [3.8, 4) is 0 Å². The molecular weight excluding hydrogens is 423 g/mol. The molecule has 0 bridgehead atoms. The van der Waals surface area contributed by atoms with Gasteiger partial charge in [0.15, 0.2) is 5.13 Å². The average Bonchev–Trinajstić information content (AvgIpc) is 3.21. The Morgan fingerprint density at radius 3 is 2.48 bits per heavy atom. The van der Waals surface area contributed by atoms with Gasteiger partial charge in [0.1, 0.15) is 0 Å². The maximum atomic E-state index is 13.4. The Balaban J connectivity index is 1.81. The highest BCUT2D eigenvalue weighted by molar-refractivity contribution is 7.22. The van der Waals surface area contributed by atoms with Crippen molar-refractivity contribution in [1.82, 2.24) is 9.97 Å². The van der Waals surface area contributed by atoms with Gasteiger partial charge in [-0.2, -0.15) is 13.2 Å². The summed E-state index contributed by atoms with van der Waals surface area (Å²) in [6.45, 7) is 3.98. The Hall–Kier alpha value is -3.26. The van der Waals surface area contributed by atoms with E-state index in [4.69, 9.17) is 0 Å². The van der Waals surface area contributed by atoms with Gasteiger partial charge >= 0.3 is 6.18 Å². The minimum absolute atomic E-state index is 0.0570. The number of carbonyl (C=O) groups excluding carboxylic acids is 1. The largest absolute Gasteiger partial charge is 0.416 e. The van der Waals surface area contributed by atoms with Crippen LogP contribution in [0.2, 0.25) is 0 Å². The van der Waals surface area contributed by atoms with Crippen molar-refractivity contribution in [2.45, 2.75) is 26.6 Å². The molecule has 0 saturated carbocycles. The summed E-state index contributed by atoms with van der Waals surface area (Å²) in [7, 11) is 0. The molecule has 0 unspecified atom stereocenters. The van der Waals surface area contributed by atoms with E-state index in [1.807, 2.05) is 26.0 Å². The van der Waals surface area contributed by atoms with Gasteiger partial charge in [0.25, 0.3) is 5.91 Å². The lowest BCUT2D eigenvalue weighted by atomic mass is 10.1. The molecule has 0 aliphatic carbocycles. The number of hydrogen-bond donors (Lipinski definition) is 0. The Bertz CT molecular complexity index is 1210. The molecule has 1 amide bonds. The fourth-order valence-electron chi connectivity index (χ4n) is 3.23. The zero-order valence-corrected chi connectivity index (χ0v) is 17.6. The van der Waals surface area contributed by atoms with Crippen LogP contribution in [0, 0.1) is 13.8 Å². The Morgan fingerprint density at radius 1 is 1.03 bits per heavy atom. The maximum Gasteiger partial charge on any atom is 0.416 e. The first-order valence-corrected chi connectivity index (χ1v) is 10.3. The van der Waals surface area contributed by atoms with Gasteiger partial charge in [-0.05, 0) is 55.3 Å². The molecule has 0 radical (unpaired) electrons. The van der Waals surface area contributed by atoms with Crippen molar-refractivity contribution >= 4 is 32.6 Å². The van der Waals surface area contributed by atoms with Crippen LogP contribution in [0.15, 0.2) is 60.8 Å². The second kappa shape index (κ2) is 8.11. The number of hydrogen-bond acceptors (Lipinski definition) is 4. The van der Waals surface area contributed by atoms with Gasteiger partial charge in [0.05, 0.1) is 28.0 Å². The van der Waals surface area contributed by atoms with Crippen molar-refractivity contribution in [1.29, 1.82) is 0 Å². The van der Waals surface area contributed by atoms with Gasteiger partial charge in [0, 0.05) is 11.8 Å². The molecule has 2 heterocycles. The summed E-state index contributed by atoms with van der Waals surface area (Å²) in [4.78, 5) is 23.7. The SMILES string of the molecule is Cc1ccc(C)c2sc(N(Cc3ccccn3)C(=O)c3cccc(C(F)(F)F)c3)nc12. The minimum atomic E-state index is -4.54. The van der Waals surface area contributed by atoms with Gasteiger partial charge in [0.2, 0.25) is 0 Å². The molecule has 31 heavy (non-hydrogen) atoms. The summed E-state index contributed by atoms with van der Waals surface area (Å²) in [5, 5.41) is 0.417. The third kappa shape index (κ3) is 4.29. The molecule has 0 aliphatic rings. The smallest absolute Gasteiger partial charge is 0.278 e. The van der Waals surface area contributed by atoms with Gasteiger partial charge in [-0.3, -0.25) is 14.7 Å². The first kappa shape index (κ1) is 21.0. The van der Waals surface area contributed by atoms with Crippen LogP contribution in [0.4, 0.5) is 18.3 Å². The first-order valence-electron chi connectivity index (χ1n) is 9.50. The topological polar surface area (TPSA) is 46.1 Å². The van der Waals surface area contributed by atoms with E-state index in [0.29, 0.717) is 10.8 Å². The highest BCUT2D eigenvalue weighted by Gasteiger charge is 2.32. The first-order chi connectivity index (χ1) is 14.7. The Labute approximate surface area is 181 Å². The molecule has 0 atom stereocenters. The van der Waals surface area contributed by atoms with Crippen molar-refractivity contribution in [3.63, 3.8) is 0 Å². The molecule has 0 N–H and O–H groups in total. The molecule has 0 fully saturated rings. The van der Waals surface area contributed by atoms with E-state index >= 15 is 0 Å². The number of pyridine rings is 1. The van der Waals surface area contributed by atoms with Crippen molar-refractivity contribution in [2.75, 3.05) is 4.90 Å². The van der Waals surface area contributed by atoms with Gasteiger partial charge in [-0.25, -0.2) is 4.98 Å². The summed E-state index contributed by atoms with van der Waals surface area (Å²) in [5.41, 5.74) is 2.45. The molecule has 8 heteroatoms. The van der Waals surface area contributed by atoms with Crippen molar-refractivity contribution < 1.29 is 18.0 Å². The van der Waals surface area contributed by atoms with E-state index in [1.54, 1.807) is 24.4 Å². The number of amides is 1. The Morgan fingerprint density at radius 2 is 1.81 bits per heavy atom. The predicted molar refractivity (Wildman–Crippen MR) is 115 cm³/mol. The van der Waals surface area contributed by atoms with Crippen LogP contribution in [0.5, 0.6) is 0 Å². The number of aromatic nitrogens is 2. The van der Waals surface area contributed by atoms with Crippen LogP contribution in [0.1, 0.15) is 32.7 Å². The monoisotopic (exact) mass is 441 g/mol. The van der Waals surface area contributed by atoms with E-state index < -0.39 is 17.6 Å². The molecule has 0 aliphatic heterocycles. The van der Waals surface area contributed by atoms with Crippen LogP contribution < -0.4 is 4.90 Å². The van der Waals surface area contributed by atoms with Gasteiger partial charge in [-0.15, -0.1) is 0 Å². The molecule has 4 aromatic rings.